The van der Waals surface area contributed by atoms with Gasteiger partial charge in [-0.25, -0.2) is 5.48 Å². The van der Waals surface area contributed by atoms with Crippen molar-refractivity contribution in [2.24, 2.45) is 0 Å². The number of hydrogen-bond acceptors (Lipinski definition) is 4. The van der Waals surface area contributed by atoms with E-state index < -0.39 is 0 Å². The standard InChI is InChI=1S/C9H12ClNO3/c1-5-3-7(10)9(14-2)8(12)6(5)4-11-13/h3,11-13H,4H2,1-2H3. The SMILES string of the molecule is COc1c(Cl)cc(C)c(CNO)c1O. The molecule has 0 atom stereocenters. The zero-order chi connectivity index (χ0) is 10.7. The lowest BCUT2D eigenvalue weighted by molar-refractivity contribution is 0.159. The lowest BCUT2D eigenvalue weighted by Crippen LogP contribution is -2.08. The summed E-state index contributed by atoms with van der Waals surface area (Å²) < 4.78 is 4.93. The van der Waals surface area contributed by atoms with Crippen LogP contribution in [-0.4, -0.2) is 17.4 Å². The zero-order valence-corrected chi connectivity index (χ0v) is 8.72. The Kier molecular flexibility index (Phi) is 3.57. The molecule has 4 nitrogen and oxygen atoms in total. The van der Waals surface area contributed by atoms with E-state index in [9.17, 15) is 5.11 Å². The molecule has 0 saturated heterocycles. The lowest BCUT2D eigenvalue weighted by Gasteiger charge is -2.12. The lowest BCUT2D eigenvalue weighted by atomic mass is 10.1. The summed E-state index contributed by atoms with van der Waals surface area (Å²) in [6.45, 7) is 1.93. The van der Waals surface area contributed by atoms with E-state index >= 15 is 0 Å². The summed E-state index contributed by atoms with van der Waals surface area (Å²) in [6, 6.07) is 1.67. The number of hydroxylamine groups is 1. The van der Waals surface area contributed by atoms with Gasteiger partial charge in [0, 0.05) is 12.1 Å². The maximum atomic E-state index is 9.72. The summed E-state index contributed by atoms with van der Waals surface area (Å²) in [4.78, 5) is 0. The van der Waals surface area contributed by atoms with Gasteiger partial charge in [-0.05, 0) is 18.6 Å². The monoisotopic (exact) mass is 217 g/mol. The predicted octanol–water partition coefficient (Wildman–Crippen LogP) is 1.84. The Morgan fingerprint density at radius 3 is 2.71 bits per heavy atom. The molecule has 3 N–H and O–H groups in total. The second-order valence-electron chi connectivity index (χ2n) is 2.87. The fourth-order valence-electron chi connectivity index (χ4n) is 1.28. The average Bonchev–Trinajstić information content (AvgIpc) is 2.12. The number of aryl methyl sites for hydroxylation is 1. The van der Waals surface area contributed by atoms with E-state index in [1.54, 1.807) is 13.0 Å². The molecule has 0 radical (unpaired) electrons. The van der Waals surface area contributed by atoms with Crippen LogP contribution in [0.3, 0.4) is 0 Å². The van der Waals surface area contributed by atoms with Crippen molar-refractivity contribution >= 4 is 11.6 Å². The van der Waals surface area contributed by atoms with E-state index in [1.807, 2.05) is 5.48 Å². The molecule has 0 aromatic heterocycles. The molecule has 0 saturated carbocycles. The Bertz CT molecular complexity index is 341. The summed E-state index contributed by atoms with van der Waals surface area (Å²) in [5, 5.41) is 18.6. The van der Waals surface area contributed by atoms with Crippen molar-refractivity contribution in [2.75, 3.05) is 7.11 Å². The summed E-state index contributed by atoms with van der Waals surface area (Å²) >= 11 is 5.84. The topological polar surface area (TPSA) is 61.7 Å². The number of hydrogen-bond donors (Lipinski definition) is 3. The average molecular weight is 218 g/mol. The van der Waals surface area contributed by atoms with Crippen molar-refractivity contribution in [3.05, 3.63) is 22.2 Å². The molecular formula is C9H12ClNO3. The van der Waals surface area contributed by atoms with E-state index in [4.69, 9.17) is 21.5 Å². The maximum Gasteiger partial charge on any atom is 0.179 e. The minimum atomic E-state index is -0.0425. The molecule has 0 bridgehead atoms. The molecule has 1 rings (SSSR count). The number of rotatable bonds is 3. The van der Waals surface area contributed by atoms with E-state index in [0.717, 1.165) is 5.56 Å². The van der Waals surface area contributed by atoms with Crippen molar-refractivity contribution in [1.29, 1.82) is 0 Å². The number of phenolic OH excluding ortho intramolecular Hbond substituents is 1. The third-order valence-electron chi connectivity index (χ3n) is 2.00. The van der Waals surface area contributed by atoms with Gasteiger partial charge in [-0.3, -0.25) is 0 Å². The van der Waals surface area contributed by atoms with Crippen LogP contribution in [0.25, 0.3) is 0 Å². The molecule has 1 aromatic rings. The zero-order valence-electron chi connectivity index (χ0n) is 7.97. The molecule has 0 aliphatic heterocycles. The molecule has 0 aliphatic carbocycles. The van der Waals surface area contributed by atoms with Crippen molar-refractivity contribution in [1.82, 2.24) is 5.48 Å². The first-order chi connectivity index (χ1) is 6.61. The highest BCUT2D eigenvalue weighted by molar-refractivity contribution is 6.32. The van der Waals surface area contributed by atoms with Gasteiger partial charge in [0.2, 0.25) is 0 Å². The third kappa shape index (κ3) is 1.92. The van der Waals surface area contributed by atoms with Gasteiger partial charge in [0.1, 0.15) is 0 Å². The highest BCUT2D eigenvalue weighted by atomic mass is 35.5. The van der Waals surface area contributed by atoms with Gasteiger partial charge in [0.15, 0.2) is 11.5 Å². The number of nitrogens with one attached hydrogen (secondary N) is 1. The number of methoxy groups -OCH3 is 1. The first-order valence-electron chi connectivity index (χ1n) is 4.03. The summed E-state index contributed by atoms with van der Waals surface area (Å²) in [6.07, 6.45) is 0. The summed E-state index contributed by atoms with van der Waals surface area (Å²) in [5.41, 5.74) is 3.33. The number of phenols is 1. The van der Waals surface area contributed by atoms with Crippen molar-refractivity contribution in [3.63, 3.8) is 0 Å². The molecule has 5 heteroatoms. The minimum Gasteiger partial charge on any atom is -0.504 e. The summed E-state index contributed by atoms with van der Waals surface area (Å²) in [7, 11) is 1.42. The van der Waals surface area contributed by atoms with E-state index in [-0.39, 0.29) is 18.0 Å². The van der Waals surface area contributed by atoms with E-state index in [0.29, 0.717) is 10.6 Å². The highest BCUT2D eigenvalue weighted by Crippen LogP contribution is 2.38. The predicted molar refractivity (Wildman–Crippen MR) is 53.0 cm³/mol. The van der Waals surface area contributed by atoms with Gasteiger partial charge in [-0.1, -0.05) is 11.6 Å². The quantitative estimate of drug-likeness (QED) is 0.677. The molecule has 0 unspecified atom stereocenters. The third-order valence-corrected chi connectivity index (χ3v) is 2.28. The second-order valence-corrected chi connectivity index (χ2v) is 3.28. The van der Waals surface area contributed by atoms with Gasteiger partial charge in [-0.2, -0.15) is 0 Å². The number of halogens is 1. The first kappa shape index (κ1) is 11.1. The Morgan fingerprint density at radius 1 is 1.57 bits per heavy atom. The largest absolute Gasteiger partial charge is 0.504 e. The fraction of sp³-hybridized carbons (Fsp3) is 0.333. The van der Waals surface area contributed by atoms with Crippen molar-refractivity contribution in [3.8, 4) is 11.5 Å². The molecule has 78 valence electrons. The van der Waals surface area contributed by atoms with Crippen LogP contribution in [0.4, 0.5) is 0 Å². The molecule has 0 heterocycles. The van der Waals surface area contributed by atoms with Crippen LogP contribution in [0.15, 0.2) is 6.07 Å². The van der Waals surface area contributed by atoms with Crippen LogP contribution in [0, 0.1) is 6.92 Å². The van der Waals surface area contributed by atoms with Crippen LogP contribution in [0.5, 0.6) is 11.5 Å². The Balaban J connectivity index is 3.28. The molecule has 1 aromatic carbocycles. The van der Waals surface area contributed by atoms with Crippen LogP contribution >= 0.6 is 11.6 Å². The second kappa shape index (κ2) is 4.50. The van der Waals surface area contributed by atoms with Crippen molar-refractivity contribution < 1.29 is 15.1 Å². The van der Waals surface area contributed by atoms with E-state index in [2.05, 4.69) is 0 Å². The van der Waals surface area contributed by atoms with Crippen LogP contribution in [-0.2, 0) is 6.54 Å². The molecule has 14 heavy (non-hydrogen) atoms. The van der Waals surface area contributed by atoms with Crippen molar-refractivity contribution in [2.45, 2.75) is 13.5 Å². The fourth-order valence-corrected chi connectivity index (χ4v) is 1.61. The van der Waals surface area contributed by atoms with Crippen LogP contribution in [0.1, 0.15) is 11.1 Å². The Morgan fingerprint density at radius 2 is 2.21 bits per heavy atom. The van der Waals surface area contributed by atoms with Crippen LogP contribution in [0.2, 0.25) is 5.02 Å². The molecule has 0 spiro atoms. The first-order valence-corrected chi connectivity index (χ1v) is 4.41. The number of aromatic hydroxyl groups is 1. The minimum absolute atomic E-state index is 0.0425. The van der Waals surface area contributed by atoms with E-state index in [1.165, 1.54) is 7.11 Å². The molecule has 0 amide bonds. The van der Waals surface area contributed by atoms with Gasteiger partial charge < -0.3 is 15.1 Å². The molecule has 0 fully saturated rings. The normalized spacial score (nSPS) is 10.3. The number of benzene rings is 1. The van der Waals surface area contributed by atoms with Gasteiger partial charge in [0.05, 0.1) is 12.1 Å². The van der Waals surface area contributed by atoms with Gasteiger partial charge >= 0.3 is 0 Å². The van der Waals surface area contributed by atoms with Crippen LogP contribution < -0.4 is 10.2 Å². The van der Waals surface area contributed by atoms with Gasteiger partial charge in [-0.15, -0.1) is 0 Å². The van der Waals surface area contributed by atoms with Gasteiger partial charge in [0.25, 0.3) is 0 Å². The highest BCUT2D eigenvalue weighted by Gasteiger charge is 2.14. The Labute approximate surface area is 87.0 Å². The molecule has 0 aliphatic rings. The smallest absolute Gasteiger partial charge is 0.179 e. The maximum absolute atomic E-state index is 9.72. The Hall–Kier alpha value is -0.970. The summed E-state index contributed by atoms with van der Waals surface area (Å²) in [5.74, 6) is 0.182. The number of ether oxygens (including phenoxy) is 1. The molecular weight excluding hydrogens is 206 g/mol.